The lowest BCUT2D eigenvalue weighted by Crippen LogP contribution is -2.47. The molecule has 2 aromatic rings. The van der Waals surface area contributed by atoms with Crippen molar-refractivity contribution in [2.75, 3.05) is 44.1 Å². The van der Waals surface area contributed by atoms with Gasteiger partial charge in [0.25, 0.3) is 0 Å². The van der Waals surface area contributed by atoms with Crippen molar-refractivity contribution in [2.45, 2.75) is 22.5 Å². The summed E-state index contributed by atoms with van der Waals surface area (Å²) in [6, 6.07) is 17.5. The molecule has 1 heterocycles. The van der Waals surface area contributed by atoms with E-state index in [1.54, 1.807) is 23.9 Å². The fourth-order valence-electron chi connectivity index (χ4n) is 3.15. The molecule has 1 aliphatic rings. The first-order valence-electron chi connectivity index (χ1n) is 9.66. The minimum Gasteiger partial charge on any atom is -0.381 e. The Balaban J connectivity index is 1.58. The van der Waals surface area contributed by atoms with Crippen molar-refractivity contribution in [1.29, 1.82) is 0 Å². The molecule has 6 nitrogen and oxygen atoms in total. The van der Waals surface area contributed by atoms with Crippen LogP contribution in [0, 0.1) is 0 Å². The van der Waals surface area contributed by atoms with Crippen LogP contribution in [0.5, 0.6) is 0 Å². The van der Waals surface area contributed by atoms with Crippen molar-refractivity contribution in [3.8, 4) is 0 Å². The second kappa shape index (κ2) is 9.80. The highest BCUT2D eigenvalue weighted by Gasteiger charge is 2.34. The van der Waals surface area contributed by atoms with Crippen LogP contribution in [0.2, 0.25) is 0 Å². The molecule has 0 radical (unpaired) electrons. The SMILES string of the molecule is CN(C)c1ccc(NC(=O)C(=O)NCC2(Sc3ccccc3)CCOCC2)cc1. The van der Waals surface area contributed by atoms with E-state index >= 15 is 0 Å². The molecule has 1 saturated heterocycles. The number of amides is 2. The molecule has 1 fully saturated rings. The molecule has 0 aromatic heterocycles. The maximum atomic E-state index is 12.4. The smallest absolute Gasteiger partial charge is 0.313 e. The summed E-state index contributed by atoms with van der Waals surface area (Å²) in [6.45, 7) is 1.72. The van der Waals surface area contributed by atoms with Gasteiger partial charge in [-0.2, -0.15) is 0 Å². The van der Waals surface area contributed by atoms with E-state index in [0.717, 1.165) is 23.4 Å². The average Bonchev–Trinajstić information content (AvgIpc) is 2.74. The van der Waals surface area contributed by atoms with Gasteiger partial charge in [0.05, 0.1) is 0 Å². The summed E-state index contributed by atoms with van der Waals surface area (Å²) in [5, 5.41) is 5.48. The zero-order chi connectivity index (χ0) is 20.7. The molecule has 0 atom stereocenters. The number of nitrogens with zero attached hydrogens (tertiary/aromatic N) is 1. The Morgan fingerprint density at radius 3 is 2.28 bits per heavy atom. The van der Waals surface area contributed by atoms with Crippen molar-refractivity contribution in [2.24, 2.45) is 0 Å². The van der Waals surface area contributed by atoms with Crippen LogP contribution in [-0.4, -0.2) is 50.4 Å². The molecule has 1 aliphatic heterocycles. The lowest BCUT2D eigenvalue weighted by molar-refractivity contribution is -0.136. The minimum absolute atomic E-state index is 0.178. The average molecular weight is 414 g/mol. The van der Waals surface area contributed by atoms with Crippen LogP contribution in [0.3, 0.4) is 0 Å². The van der Waals surface area contributed by atoms with E-state index in [9.17, 15) is 9.59 Å². The second-order valence-electron chi connectivity index (χ2n) is 7.29. The van der Waals surface area contributed by atoms with Crippen LogP contribution < -0.4 is 15.5 Å². The number of rotatable bonds is 6. The predicted octanol–water partition coefficient (Wildman–Crippen LogP) is 3.15. The Kier molecular flexibility index (Phi) is 7.17. The maximum absolute atomic E-state index is 12.4. The highest BCUT2D eigenvalue weighted by atomic mass is 32.2. The number of carbonyl (C=O) groups is 2. The molecular weight excluding hydrogens is 386 g/mol. The second-order valence-corrected chi connectivity index (χ2v) is 8.83. The lowest BCUT2D eigenvalue weighted by Gasteiger charge is -2.36. The quantitative estimate of drug-likeness (QED) is 0.712. The Morgan fingerprint density at radius 2 is 1.66 bits per heavy atom. The number of carbonyl (C=O) groups excluding carboxylic acids is 2. The third kappa shape index (κ3) is 5.98. The largest absolute Gasteiger partial charge is 0.381 e. The Labute approximate surface area is 176 Å². The highest BCUT2D eigenvalue weighted by molar-refractivity contribution is 8.00. The van der Waals surface area contributed by atoms with E-state index in [2.05, 4.69) is 22.8 Å². The number of anilines is 2. The fourth-order valence-corrected chi connectivity index (χ4v) is 4.46. The number of hydrogen-bond donors (Lipinski definition) is 2. The van der Waals surface area contributed by atoms with Crippen molar-refractivity contribution >= 4 is 35.0 Å². The Hall–Kier alpha value is -2.51. The summed E-state index contributed by atoms with van der Waals surface area (Å²) in [6.07, 6.45) is 1.64. The Bertz CT molecular complexity index is 819. The zero-order valence-electron chi connectivity index (χ0n) is 16.8. The van der Waals surface area contributed by atoms with Crippen LogP contribution >= 0.6 is 11.8 Å². The molecule has 29 heavy (non-hydrogen) atoms. The van der Waals surface area contributed by atoms with E-state index in [4.69, 9.17) is 4.74 Å². The third-order valence-corrected chi connectivity index (χ3v) is 6.39. The van der Waals surface area contributed by atoms with Crippen molar-refractivity contribution in [3.05, 3.63) is 54.6 Å². The van der Waals surface area contributed by atoms with Crippen molar-refractivity contribution in [3.63, 3.8) is 0 Å². The highest BCUT2D eigenvalue weighted by Crippen LogP contribution is 2.40. The van der Waals surface area contributed by atoms with Gasteiger partial charge >= 0.3 is 11.8 Å². The lowest BCUT2D eigenvalue weighted by atomic mass is 9.99. The molecule has 2 amide bonds. The minimum atomic E-state index is -0.658. The van der Waals surface area contributed by atoms with Gasteiger partial charge in [0.15, 0.2) is 0 Å². The van der Waals surface area contributed by atoms with Gasteiger partial charge in [-0.3, -0.25) is 9.59 Å². The number of thioether (sulfide) groups is 1. The van der Waals surface area contributed by atoms with E-state index in [-0.39, 0.29) is 4.75 Å². The molecule has 0 saturated carbocycles. The van der Waals surface area contributed by atoms with Crippen LogP contribution in [0.4, 0.5) is 11.4 Å². The van der Waals surface area contributed by atoms with Crippen molar-refractivity contribution in [1.82, 2.24) is 5.32 Å². The molecule has 0 aliphatic carbocycles. The van der Waals surface area contributed by atoms with Gasteiger partial charge in [-0.15, -0.1) is 11.8 Å². The summed E-state index contributed by atoms with van der Waals surface area (Å²) in [5.41, 5.74) is 1.61. The van der Waals surface area contributed by atoms with Gasteiger partial charge in [0.1, 0.15) is 0 Å². The van der Waals surface area contributed by atoms with Gasteiger partial charge in [-0.1, -0.05) is 18.2 Å². The molecule has 0 unspecified atom stereocenters. The molecular formula is C22H27N3O3S. The molecule has 154 valence electrons. The van der Waals surface area contributed by atoms with Crippen molar-refractivity contribution < 1.29 is 14.3 Å². The van der Waals surface area contributed by atoms with Gasteiger partial charge in [0, 0.05) is 54.9 Å². The standard InChI is InChI=1S/C22H27N3O3S/c1-25(2)18-10-8-17(9-11-18)24-21(27)20(26)23-16-22(12-14-28-15-13-22)29-19-6-4-3-5-7-19/h3-11H,12-16H2,1-2H3,(H,23,26)(H,24,27). The normalized spacial score (nSPS) is 15.4. The summed E-state index contributed by atoms with van der Waals surface area (Å²) in [4.78, 5) is 27.8. The summed E-state index contributed by atoms with van der Waals surface area (Å²) < 4.78 is 5.34. The number of nitrogens with one attached hydrogen (secondary N) is 2. The van der Waals surface area contributed by atoms with E-state index in [1.807, 2.05) is 49.3 Å². The first kappa shape index (κ1) is 21.2. The summed E-state index contributed by atoms with van der Waals surface area (Å²) >= 11 is 1.74. The van der Waals surface area contributed by atoms with Crippen LogP contribution in [0.15, 0.2) is 59.5 Å². The predicted molar refractivity (Wildman–Crippen MR) is 117 cm³/mol. The third-order valence-electron chi connectivity index (χ3n) is 4.90. The first-order chi connectivity index (χ1) is 14.0. The number of benzene rings is 2. The van der Waals surface area contributed by atoms with Crippen LogP contribution in [0.1, 0.15) is 12.8 Å². The van der Waals surface area contributed by atoms with E-state index in [1.165, 1.54) is 0 Å². The zero-order valence-corrected chi connectivity index (χ0v) is 17.6. The molecule has 0 bridgehead atoms. The number of hydrogen-bond acceptors (Lipinski definition) is 5. The summed E-state index contributed by atoms with van der Waals surface area (Å²) in [5.74, 6) is -1.28. The van der Waals surface area contributed by atoms with Gasteiger partial charge in [-0.05, 0) is 49.2 Å². The molecule has 7 heteroatoms. The van der Waals surface area contributed by atoms with Gasteiger partial charge < -0.3 is 20.3 Å². The molecule has 2 N–H and O–H groups in total. The van der Waals surface area contributed by atoms with Gasteiger partial charge in [-0.25, -0.2) is 0 Å². The fraction of sp³-hybridized carbons (Fsp3) is 0.364. The Morgan fingerprint density at radius 1 is 1.00 bits per heavy atom. The molecule has 3 rings (SSSR count). The molecule has 2 aromatic carbocycles. The van der Waals surface area contributed by atoms with Crippen LogP contribution in [0.25, 0.3) is 0 Å². The topological polar surface area (TPSA) is 70.7 Å². The number of ether oxygens (including phenoxy) is 1. The summed E-state index contributed by atoms with van der Waals surface area (Å²) in [7, 11) is 3.89. The first-order valence-corrected chi connectivity index (χ1v) is 10.5. The van der Waals surface area contributed by atoms with E-state index < -0.39 is 11.8 Å². The molecule has 0 spiro atoms. The monoisotopic (exact) mass is 413 g/mol. The maximum Gasteiger partial charge on any atom is 0.313 e. The van der Waals surface area contributed by atoms with Gasteiger partial charge in [0.2, 0.25) is 0 Å². The van der Waals surface area contributed by atoms with Crippen LogP contribution in [-0.2, 0) is 14.3 Å². The van der Waals surface area contributed by atoms with E-state index in [0.29, 0.717) is 25.4 Å².